The highest BCUT2D eigenvalue weighted by Gasteiger charge is 2.34. The third-order valence-corrected chi connectivity index (χ3v) is 1.57. The van der Waals surface area contributed by atoms with E-state index in [1.165, 1.54) is 6.92 Å². The highest BCUT2D eigenvalue weighted by atomic mass is 16.4. The number of aliphatic carboxylic acids is 1. The fraction of sp³-hybridized carbons (Fsp3) is 0.571. The van der Waals surface area contributed by atoms with Crippen molar-refractivity contribution < 1.29 is 15.0 Å². The molecule has 0 radical (unpaired) electrons. The Balaban J connectivity index is 4.55. The van der Waals surface area contributed by atoms with Gasteiger partial charge in [0.25, 0.3) is 0 Å². The second-order valence-electron chi connectivity index (χ2n) is 2.30. The van der Waals surface area contributed by atoms with Crippen molar-refractivity contribution in [2.45, 2.75) is 25.9 Å². The molecule has 0 aliphatic heterocycles. The number of carboxylic acid groups (broad SMARTS) is 1. The Kier molecular flexibility index (Phi) is 2.60. The van der Waals surface area contributed by atoms with Crippen LogP contribution in [0.15, 0.2) is 12.2 Å². The largest absolute Gasteiger partial charge is 0.479 e. The van der Waals surface area contributed by atoms with Gasteiger partial charge in [0.15, 0.2) is 5.60 Å². The van der Waals surface area contributed by atoms with E-state index in [9.17, 15) is 9.90 Å². The van der Waals surface area contributed by atoms with Crippen LogP contribution in [0.1, 0.15) is 20.3 Å². The second-order valence-corrected chi connectivity index (χ2v) is 2.30. The number of rotatable bonds is 3. The first-order valence-electron chi connectivity index (χ1n) is 3.07. The quantitative estimate of drug-likeness (QED) is 0.576. The van der Waals surface area contributed by atoms with E-state index in [4.69, 9.17) is 5.11 Å². The molecule has 0 aromatic carbocycles. The molecule has 1 atom stereocenters. The molecule has 2 N–H and O–H groups in total. The smallest absolute Gasteiger partial charge is 0.340 e. The maximum Gasteiger partial charge on any atom is 0.340 e. The van der Waals surface area contributed by atoms with Crippen molar-refractivity contribution >= 4 is 5.97 Å². The molecule has 0 saturated heterocycles. The van der Waals surface area contributed by atoms with Crippen molar-refractivity contribution in [3.05, 3.63) is 12.2 Å². The first-order chi connectivity index (χ1) is 4.45. The maximum atomic E-state index is 10.4. The number of hydrogen-bond donors (Lipinski definition) is 2. The number of hydrogen-bond acceptors (Lipinski definition) is 2. The molecular weight excluding hydrogens is 132 g/mol. The first kappa shape index (κ1) is 9.17. The molecule has 0 rings (SSSR count). The Bertz CT molecular complexity index is 146. The molecule has 0 aliphatic carbocycles. The topological polar surface area (TPSA) is 57.5 Å². The van der Waals surface area contributed by atoms with Crippen molar-refractivity contribution in [2.75, 3.05) is 0 Å². The molecular formula is C7H12O3. The van der Waals surface area contributed by atoms with Crippen molar-refractivity contribution in [3.8, 4) is 0 Å². The SMILES string of the molecule is C=C(C)[C@@](O)(CC)C(=O)O. The lowest BCUT2D eigenvalue weighted by atomic mass is 9.94. The Labute approximate surface area is 60.0 Å². The van der Waals surface area contributed by atoms with Crippen molar-refractivity contribution in [3.63, 3.8) is 0 Å². The van der Waals surface area contributed by atoms with Gasteiger partial charge in [-0.15, -0.1) is 0 Å². The van der Waals surface area contributed by atoms with Gasteiger partial charge in [0, 0.05) is 0 Å². The molecule has 3 nitrogen and oxygen atoms in total. The molecule has 0 aromatic rings. The lowest BCUT2D eigenvalue weighted by Gasteiger charge is -2.21. The van der Waals surface area contributed by atoms with Gasteiger partial charge in [-0.2, -0.15) is 0 Å². The van der Waals surface area contributed by atoms with Gasteiger partial charge >= 0.3 is 5.97 Å². The minimum absolute atomic E-state index is 0.150. The summed E-state index contributed by atoms with van der Waals surface area (Å²) in [6.07, 6.45) is 0.150. The van der Waals surface area contributed by atoms with Gasteiger partial charge < -0.3 is 10.2 Å². The zero-order valence-electron chi connectivity index (χ0n) is 6.22. The summed E-state index contributed by atoms with van der Waals surface area (Å²) in [7, 11) is 0. The molecule has 58 valence electrons. The lowest BCUT2D eigenvalue weighted by Crippen LogP contribution is -2.38. The molecule has 0 aliphatic rings. The zero-order chi connectivity index (χ0) is 8.36. The summed E-state index contributed by atoms with van der Waals surface area (Å²) in [5, 5.41) is 17.8. The van der Waals surface area contributed by atoms with Gasteiger partial charge in [-0.25, -0.2) is 4.79 Å². The fourth-order valence-electron chi connectivity index (χ4n) is 0.636. The van der Waals surface area contributed by atoms with E-state index in [2.05, 4.69) is 6.58 Å². The van der Waals surface area contributed by atoms with Crippen LogP contribution in [0.2, 0.25) is 0 Å². The van der Waals surface area contributed by atoms with Gasteiger partial charge in [0.2, 0.25) is 0 Å². The van der Waals surface area contributed by atoms with Crippen molar-refractivity contribution in [1.29, 1.82) is 0 Å². The van der Waals surface area contributed by atoms with E-state index in [0.29, 0.717) is 0 Å². The molecule has 10 heavy (non-hydrogen) atoms. The predicted molar refractivity (Wildman–Crippen MR) is 37.7 cm³/mol. The van der Waals surface area contributed by atoms with Crippen molar-refractivity contribution in [1.82, 2.24) is 0 Å². The van der Waals surface area contributed by atoms with Crippen LogP contribution in [0.3, 0.4) is 0 Å². The predicted octanol–water partition coefficient (Wildman–Crippen LogP) is 0.788. The van der Waals surface area contributed by atoms with E-state index < -0.39 is 11.6 Å². The van der Waals surface area contributed by atoms with Crippen molar-refractivity contribution in [2.24, 2.45) is 0 Å². The number of aliphatic hydroxyl groups is 1. The van der Waals surface area contributed by atoms with Crippen LogP contribution in [0, 0.1) is 0 Å². The van der Waals surface area contributed by atoms with Gasteiger partial charge in [0.05, 0.1) is 0 Å². The summed E-state index contributed by atoms with van der Waals surface area (Å²) < 4.78 is 0. The van der Waals surface area contributed by atoms with Crippen LogP contribution in [-0.2, 0) is 4.79 Å². The van der Waals surface area contributed by atoms with E-state index in [1.54, 1.807) is 6.92 Å². The third kappa shape index (κ3) is 1.36. The molecule has 3 heteroatoms. The molecule has 0 amide bonds. The van der Waals surface area contributed by atoms with E-state index in [-0.39, 0.29) is 12.0 Å². The summed E-state index contributed by atoms with van der Waals surface area (Å²) >= 11 is 0. The normalized spacial score (nSPS) is 15.9. The Morgan fingerprint density at radius 1 is 1.70 bits per heavy atom. The van der Waals surface area contributed by atoms with Crippen LogP contribution in [0.25, 0.3) is 0 Å². The highest BCUT2D eigenvalue weighted by molar-refractivity contribution is 5.80. The van der Waals surface area contributed by atoms with E-state index in [0.717, 1.165) is 0 Å². The van der Waals surface area contributed by atoms with Crippen LogP contribution in [0.4, 0.5) is 0 Å². The van der Waals surface area contributed by atoms with Crippen LogP contribution in [-0.4, -0.2) is 21.8 Å². The van der Waals surface area contributed by atoms with E-state index >= 15 is 0 Å². The Hall–Kier alpha value is -0.830. The third-order valence-electron chi connectivity index (χ3n) is 1.57. The zero-order valence-corrected chi connectivity index (χ0v) is 6.22. The maximum absolute atomic E-state index is 10.4. The molecule has 0 unspecified atom stereocenters. The Morgan fingerprint density at radius 2 is 2.10 bits per heavy atom. The summed E-state index contributed by atoms with van der Waals surface area (Å²) in [4.78, 5) is 10.4. The lowest BCUT2D eigenvalue weighted by molar-refractivity contribution is -0.154. The minimum atomic E-state index is -1.74. The van der Waals surface area contributed by atoms with Gasteiger partial charge in [-0.3, -0.25) is 0 Å². The standard InChI is InChI=1S/C7H12O3/c1-4-7(10,5(2)3)6(8)9/h10H,2,4H2,1,3H3,(H,8,9)/t7-/m0/s1. The van der Waals surface area contributed by atoms with Crippen LogP contribution >= 0.6 is 0 Å². The van der Waals surface area contributed by atoms with Crippen LogP contribution < -0.4 is 0 Å². The monoisotopic (exact) mass is 144 g/mol. The molecule has 0 aromatic heterocycles. The summed E-state index contributed by atoms with van der Waals surface area (Å²) in [6.45, 7) is 6.49. The van der Waals surface area contributed by atoms with Crippen LogP contribution in [0.5, 0.6) is 0 Å². The Morgan fingerprint density at radius 3 is 2.10 bits per heavy atom. The van der Waals surface area contributed by atoms with Gasteiger partial charge in [0.1, 0.15) is 0 Å². The summed E-state index contributed by atoms with van der Waals surface area (Å²) in [5.74, 6) is -1.23. The van der Waals surface area contributed by atoms with Gasteiger partial charge in [-0.05, 0) is 18.9 Å². The molecule has 0 fully saturated rings. The molecule has 0 spiro atoms. The minimum Gasteiger partial charge on any atom is -0.479 e. The second kappa shape index (κ2) is 2.84. The number of carbonyl (C=O) groups is 1. The fourth-order valence-corrected chi connectivity index (χ4v) is 0.636. The highest BCUT2D eigenvalue weighted by Crippen LogP contribution is 2.18. The number of carboxylic acids is 1. The van der Waals surface area contributed by atoms with E-state index in [1.807, 2.05) is 0 Å². The average Bonchev–Trinajstić information content (AvgIpc) is 1.85. The summed E-state index contributed by atoms with van der Waals surface area (Å²) in [5.41, 5.74) is -1.47. The first-order valence-corrected chi connectivity index (χ1v) is 3.07. The average molecular weight is 144 g/mol. The summed E-state index contributed by atoms with van der Waals surface area (Å²) in [6, 6.07) is 0. The molecule has 0 heterocycles. The molecule has 0 saturated carbocycles. The van der Waals surface area contributed by atoms with Gasteiger partial charge in [-0.1, -0.05) is 13.5 Å². The molecule has 0 bridgehead atoms.